The van der Waals surface area contributed by atoms with E-state index in [4.69, 9.17) is 0 Å². The van der Waals surface area contributed by atoms with Crippen molar-refractivity contribution in [3.63, 3.8) is 0 Å². The minimum atomic E-state index is -0.124. The maximum atomic E-state index is 2.61. The molecule has 11 rings (SSSR count). The third-order valence-electron chi connectivity index (χ3n) is 16.0. The maximum Gasteiger partial charge on any atom is 0.0358 e. The van der Waals surface area contributed by atoms with Crippen molar-refractivity contribution in [2.24, 2.45) is 0 Å². The summed E-state index contributed by atoms with van der Waals surface area (Å²) in [5, 5.41) is 5.55. The molecular formula is C65H64S. The molecule has 1 heteroatoms. The van der Waals surface area contributed by atoms with E-state index in [0.717, 1.165) is 25.7 Å². The van der Waals surface area contributed by atoms with Crippen LogP contribution in [0.4, 0.5) is 0 Å². The highest BCUT2D eigenvalue weighted by atomic mass is 32.1. The Bertz CT molecular complexity index is 3190. The molecule has 1 saturated carbocycles. The molecule has 3 atom stereocenters. The first-order valence-corrected chi connectivity index (χ1v) is 25.8. The normalized spacial score (nSPS) is 16.1. The number of fused-ring (bicyclic) bond motifs is 8. The van der Waals surface area contributed by atoms with Gasteiger partial charge < -0.3 is 0 Å². The quantitative estimate of drug-likeness (QED) is 0.115. The number of hydrogen-bond acceptors (Lipinski definition) is 1. The van der Waals surface area contributed by atoms with E-state index in [1.54, 1.807) is 5.56 Å². The molecule has 330 valence electrons. The van der Waals surface area contributed by atoms with Gasteiger partial charge in [-0.15, -0.1) is 11.3 Å². The van der Waals surface area contributed by atoms with Gasteiger partial charge >= 0.3 is 0 Å². The van der Waals surface area contributed by atoms with Crippen molar-refractivity contribution in [1.29, 1.82) is 0 Å². The minimum Gasteiger partial charge on any atom is -0.135 e. The van der Waals surface area contributed by atoms with E-state index in [0.29, 0.717) is 23.7 Å². The third kappa shape index (κ3) is 8.13. The Morgan fingerprint density at radius 3 is 2.06 bits per heavy atom. The summed E-state index contributed by atoms with van der Waals surface area (Å²) < 4.78 is 2.76. The highest BCUT2D eigenvalue weighted by Gasteiger charge is 2.38. The van der Waals surface area contributed by atoms with Crippen LogP contribution >= 0.6 is 11.3 Å². The molecule has 1 fully saturated rings. The van der Waals surface area contributed by atoms with Crippen molar-refractivity contribution in [2.45, 2.75) is 121 Å². The summed E-state index contributed by atoms with van der Waals surface area (Å²) >= 11 is 1.92. The van der Waals surface area contributed by atoms with Crippen molar-refractivity contribution >= 4 is 42.3 Å². The van der Waals surface area contributed by atoms with E-state index < -0.39 is 0 Å². The lowest BCUT2D eigenvalue weighted by Gasteiger charge is -2.29. The van der Waals surface area contributed by atoms with Crippen LogP contribution in [0.25, 0.3) is 42.1 Å². The van der Waals surface area contributed by atoms with E-state index in [1.807, 2.05) is 11.3 Å². The molecule has 8 aromatic carbocycles. The molecule has 0 saturated heterocycles. The molecule has 0 bridgehead atoms. The van der Waals surface area contributed by atoms with Crippen LogP contribution in [0.5, 0.6) is 0 Å². The van der Waals surface area contributed by atoms with Crippen LogP contribution in [-0.4, -0.2) is 0 Å². The third-order valence-corrected chi connectivity index (χ3v) is 17.2. The van der Waals surface area contributed by atoms with E-state index in [2.05, 4.69) is 198 Å². The first kappa shape index (κ1) is 42.8. The van der Waals surface area contributed by atoms with Gasteiger partial charge in [-0.1, -0.05) is 203 Å². The lowest BCUT2D eigenvalue weighted by atomic mass is 9.75. The van der Waals surface area contributed by atoms with Crippen LogP contribution in [0.1, 0.15) is 144 Å². The molecule has 0 nitrogen and oxygen atoms in total. The maximum absolute atomic E-state index is 2.61. The summed E-state index contributed by atoms with van der Waals surface area (Å²) in [7, 11) is 0. The number of rotatable bonds is 12. The molecule has 0 amide bonds. The van der Waals surface area contributed by atoms with E-state index in [-0.39, 0.29) is 5.41 Å². The monoisotopic (exact) mass is 876 g/mol. The zero-order chi connectivity index (χ0) is 44.9. The predicted molar refractivity (Wildman–Crippen MR) is 285 cm³/mol. The van der Waals surface area contributed by atoms with Crippen LogP contribution in [0.3, 0.4) is 0 Å². The lowest BCUT2D eigenvalue weighted by Crippen LogP contribution is -2.17. The Morgan fingerprint density at radius 1 is 0.545 bits per heavy atom. The fraction of sp³-hybridized carbons (Fsp3) is 0.292. The summed E-state index contributed by atoms with van der Waals surface area (Å²) in [5.41, 5.74) is 18.7. The van der Waals surface area contributed by atoms with Gasteiger partial charge in [0.2, 0.25) is 0 Å². The molecule has 2 aliphatic carbocycles. The highest BCUT2D eigenvalue weighted by molar-refractivity contribution is 7.25. The summed E-state index contributed by atoms with van der Waals surface area (Å²) in [5.74, 6) is 1.84. The Hall–Kier alpha value is -5.76. The van der Waals surface area contributed by atoms with Gasteiger partial charge in [0.25, 0.3) is 0 Å². The van der Waals surface area contributed by atoms with E-state index in [9.17, 15) is 0 Å². The van der Waals surface area contributed by atoms with E-state index in [1.165, 1.54) is 130 Å². The second-order valence-electron chi connectivity index (χ2n) is 20.8. The van der Waals surface area contributed by atoms with Crippen LogP contribution in [-0.2, 0) is 24.7 Å². The molecular weight excluding hydrogens is 813 g/mol. The molecule has 0 aliphatic heterocycles. The summed E-state index contributed by atoms with van der Waals surface area (Å²) in [4.78, 5) is 0. The van der Waals surface area contributed by atoms with Crippen LogP contribution < -0.4 is 0 Å². The van der Waals surface area contributed by atoms with Gasteiger partial charge in [-0.05, 0) is 160 Å². The Balaban J connectivity index is 0.915. The van der Waals surface area contributed by atoms with Gasteiger partial charge in [-0.3, -0.25) is 0 Å². The van der Waals surface area contributed by atoms with Crippen LogP contribution in [0, 0.1) is 13.8 Å². The highest BCUT2D eigenvalue weighted by Crippen LogP contribution is 2.53. The van der Waals surface area contributed by atoms with Crippen molar-refractivity contribution in [3.05, 3.63) is 225 Å². The van der Waals surface area contributed by atoms with Gasteiger partial charge in [0.05, 0.1) is 0 Å². The predicted octanol–water partition coefficient (Wildman–Crippen LogP) is 18.3. The number of aryl methyl sites for hydroxylation is 3. The van der Waals surface area contributed by atoms with Gasteiger partial charge in [0.1, 0.15) is 0 Å². The molecule has 0 N–H and O–H groups in total. The fourth-order valence-corrected chi connectivity index (χ4v) is 13.7. The molecule has 3 unspecified atom stereocenters. The Morgan fingerprint density at radius 2 is 1.26 bits per heavy atom. The molecule has 66 heavy (non-hydrogen) atoms. The zero-order valence-corrected chi connectivity index (χ0v) is 40.5. The van der Waals surface area contributed by atoms with Crippen molar-refractivity contribution < 1.29 is 0 Å². The molecule has 0 spiro atoms. The zero-order valence-electron chi connectivity index (χ0n) is 39.7. The molecule has 1 heterocycles. The van der Waals surface area contributed by atoms with Gasteiger partial charge in [0.15, 0.2) is 0 Å². The van der Waals surface area contributed by atoms with Crippen molar-refractivity contribution in [3.8, 4) is 11.1 Å². The summed E-state index contributed by atoms with van der Waals surface area (Å²) in [6, 6.07) is 63.8. The minimum absolute atomic E-state index is 0.124. The summed E-state index contributed by atoms with van der Waals surface area (Å²) in [6.45, 7) is 12.0. The van der Waals surface area contributed by atoms with Crippen molar-refractivity contribution in [1.82, 2.24) is 0 Å². The van der Waals surface area contributed by atoms with E-state index >= 15 is 0 Å². The van der Waals surface area contributed by atoms with Crippen LogP contribution in [0.15, 0.2) is 164 Å². The molecule has 2 aliphatic rings. The Kier molecular flexibility index (Phi) is 11.6. The molecule has 0 radical (unpaired) electrons. The molecule has 9 aromatic rings. The van der Waals surface area contributed by atoms with Crippen molar-refractivity contribution in [2.75, 3.05) is 0 Å². The first-order valence-electron chi connectivity index (χ1n) is 25.0. The fourth-order valence-electron chi connectivity index (χ4n) is 12.5. The molecule has 1 aromatic heterocycles. The number of thiophene rings is 1. The second kappa shape index (κ2) is 17.8. The average molecular weight is 877 g/mol. The second-order valence-corrected chi connectivity index (χ2v) is 21.9. The van der Waals surface area contributed by atoms with Gasteiger partial charge in [-0.25, -0.2) is 0 Å². The average Bonchev–Trinajstić information content (AvgIpc) is 3.82. The SMILES string of the molecule is Cc1cc(C)cc(C(Cc2cccc(C3CCCCC3)c2)C(C)c2ccc3c(c2)C(C)(C)c2cc(CCC(Cc4ccc5c(c4)sc4ccccc45)c4ccccc4)c4ccccc4c2-3)c1. The standard InChI is InChI=1S/C65H64S/c1-42-33-43(2)35-53(34-42)59(38-45-17-16-22-50(36-45)47-18-8-6-9-19-47)44(3)49-30-32-58-60(40-49)65(4,5)61-41-52(54-23-12-13-25-57(54)64(58)61)29-28-51(48-20-10-7-11-21-48)37-46-27-31-56-55-24-14-15-26-62(55)66-63(56)39-46/h7,10-17,20-27,30-36,39-41,44,47,51,59H,6,8-9,18-19,28-29,37-38H2,1-5H3. The lowest BCUT2D eigenvalue weighted by molar-refractivity contribution is 0.443. The summed E-state index contributed by atoms with van der Waals surface area (Å²) in [6.07, 6.45) is 11.0. The number of benzene rings is 8. The largest absolute Gasteiger partial charge is 0.135 e. The topological polar surface area (TPSA) is 0 Å². The van der Waals surface area contributed by atoms with Gasteiger partial charge in [0, 0.05) is 25.6 Å². The first-order chi connectivity index (χ1) is 32.2. The smallest absolute Gasteiger partial charge is 0.0358 e. The Labute approximate surface area is 397 Å². The van der Waals surface area contributed by atoms with Gasteiger partial charge in [-0.2, -0.15) is 0 Å². The number of hydrogen-bond donors (Lipinski definition) is 0. The van der Waals surface area contributed by atoms with Crippen LogP contribution in [0.2, 0.25) is 0 Å².